The number of ether oxygens (including phenoxy) is 1. The van der Waals surface area contributed by atoms with Crippen molar-refractivity contribution in [3.05, 3.63) is 35.4 Å². The average Bonchev–Trinajstić information content (AvgIpc) is 3.11. The zero-order chi connectivity index (χ0) is 19.1. The third kappa shape index (κ3) is 5.08. The Balaban J connectivity index is 1.40. The molecule has 1 saturated heterocycles. The molecule has 1 aromatic carbocycles. The van der Waals surface area contributed by atoms with Crippen LogP contribution in [-0.4, -0.2) is 48.4 Å². The second-order valence-corrected chi connectivity index (χ2v) is 7.28. The molecule has 0 amide bonds. The predicted octanol–water partition coefficient (Wildman–Crippen LogP) is 3.25. The molecule has 144 valence electrons. The molecule has 6 nitrogen and oxygen atoms in total. The Hall–Kier alpha value is -2.39. The molecular formula is C21H27N3O3. The van der Waals surface area contributed by atoms with E-state index < -0.39 is 0 Å². The molecule has 1 spiro atoms. The molecule has 0 atom stereocenters. The molecule has 0 bridgehead atoms. The Bertz CT molecular complexity index is 713. The van der Waals surface area contributed by atoms with Crippen LogP contribution in [0.1, 0.15) is 56.6 Å². The van der Waals surface area contributed by atoms with E-state index >= 15 is 0 Å². The van der Waals surface area contributed by atoms with Crippen molar-refractivity contribution in [1.82, 2.24) is 4.90 Å². The van der Waals surface area contributed by atoms with Gasteiger partial charge in [-0.15, -0.1) is 0 Å². The van der Waals surface area contributed by atoms with Crippen molar-refractivity contribution in [2.24, 2.45) is 5.16 Å². The van der Waals surface area contributed by atoms with Crippen LogP contribution < -0.4 is 0 Å². The Morgan fingerprint density at radius 3 is 2.70 bits per heavy atom. The van der Waals surface area contributed by atoms with Crippen molar-refractivity contribution in [2.45, 2.75) is 51.0 Å². The first-order valence-electron chi connectivity index (χ1n) is 9.78. The van der Waals surface area contributed by atoms with E-state index in [1.807, 2.05) is 31.2 Å². The van der Waals surface area contributed by atoms with Gasteiger partial charge in [0.05, 0.1) is 24.0 Å². The standard InChI is InChI=1S/C21H27N3O3/c1-2-26-20(25)5-3-4-12-24-13-10-21(11-14-24)15-19(23-27-21)18-8-6-17(16-22)7-9-18/h6-9H,2-5,10-15H2,1H3. The molecule has 1 aromatic rings. The monoisotopic (exact) mass is 369 g/mol. The summed E-state index contributed by atoms with van der Waals surface area (Å²) in [6.45, 7) is 5.30. The van der Waals surface area contributed by atoms with E-state index in [0.717, 1.165) is 63.0 Å². The van der Waals surface area contributed by atoms with Crippen LogP contribution in [0.15, 0.2) is 29.4 Å². The second-order valence-electron chi connectivity index (χ2n) is 7.28. The zero-order valence-electron chi connectivity index (χ0n) is 15.9. The summed E-state index contributed by atoms with van der Waals surface area (Å²) in [6, 6.07) is 9.67. The number of hydrogen-bond donors (Lipinski definition) is 0. The van der Waals surface area contributed by atoms with E-state index in [9.17, 15) is 4.79 Å². The highest BCUT2D eigenvalue weighted by Gasteiger charge is 2.42. The van der Waals surface area contributed by atoms with Gasteiger partial charge in [0.25, 0.3) is 0 Å². The van der Waals surface area contributed by atoms with Gasteiger partial charge in [0.1, 0.15) is 5.60 Å². The third-order valence-corrected chi connectivity index (χ3v) is 5.36. The molecule has 0 saturated carbocycles. The van der Waals surface area contributed by atoms with Crippen molar-refractivity contribution < 1.29 is 14.4 Å². The zero-order valence-corrected chi connectivity index (χ0v) is 15.9. The number of oxime groups is 1. The van der Waals surface area contributed by atoms with Gasteiger partial charge in [0.15, 0.2) is 0 Å². The lowest BCUT2D eigenvalue weighted by atomic mass is 9.85. The van der Waals surface area contributed by atoms with Crippen molar-refractivity contribution in [3.8, 4) is 6.07 Å². The lowest BCUT2D eigenvalue weighted by molar-refractivity contribution is -0.143. The van der Waals surface area contributed by atoms with Gasteiger partial charge < -0.3 is 14.5 Å². The lowest BCUT2D eigenvalue weighted by Gasteiger charge is -2.37. The molecule has 0 N–H and O–H groups in total. The normalized spacial score (nSPS) is 18.6. The summed E-state index contributed by atoms with van der Waals surface area (Å²) < 4.78 is 4.96. The number of benzene rings is 1. The van der Waals surface area contributed by atoms with Gasteiger partial charge in [-0.25, -0.2) is 0 Å². The maximum Gasteiger partial charge on any atom is 0.305 e. The van der Waals surface area contributed by atoms with Crippen LogP contribution in [0.5, 0.6) is 0 Å². The van der Waals surface area contributed by atoms with Gasteiger partial charge >= 0.3 is 5.97 Å². The van der Waals surface area contributed by atoms with Crippen LogP contribution in [0.4, 0.5) is 0 Å². The number of nitriles is 1. The fourth-order valence-electron chi connectivity index (χ4n) is 3.70. The molecule has 0 aromatic heterocycles. The summed E-state index contributed by atoms with van der Waals surface area (Å²) in [6.07, 6.45) is 5.16. The number of carbonyl (C=O) groups excluding carboxylic acids is 1. The Kier molecular flexibility index (Phi) is 6.46. The van der Waals surface area contributed by atoms with Crippen LogP contribution in [0.2, 0.25) is 0 Å². The van der Waals surface area contributed by atoms with E-state index in [1.165, 1.54) is 0 Å². The molecule has 6 heteroatoms. The van der Waals surface area contributed by atoms with Crippen LogP contribution >= 0.6 is 0 Å². The maximum atomic E-state index is 11.4. The minimum atomic E-state index is -0.176. The first-order chi connectivity index (χ1) is 13.1. The number of hydrogen-bond acceptors (Lipinski definition) is 6. The summed E-state index contributed by atoms with van der Waals surface area (Å²) in [7, 11) is 0. The topological polar surface area (TPSA) is 74.9 Å². The Labute approximate surface area is 160 Å². The highest BCUT2D eigenvalue weighted by atomic mass is 16.7. The van der Waals surface area contributed by atoms with Crippen molar-refractivity contribution >= 4 is 11.7 Å². The molecule has 1 fully saturated rings. The molecule has 2 aliphatic rings. The molecule has 0 unspecified atom stereocenters. The van der Waals surface area contributed by atoms with Crippen LogP contribution in [-0.2, 0) is 14.4 Å². The summed E-state index contributed by atoms with van der Waals surface area (Å²) in [5.74, 6) is -0.0954. The number of likely N-dealkylation sites (tertiary alicyclic amines) is 1. The van der Waals surface area contributed by atoms with Gasteiger partial charge in [-0.2, -0.15) is 5.26 Å². The fourth-order valence-corrected chi connectivity index (χ4v) is 3.70. The van der Waals surface area contributed by atoms with E-state index in [-0.39, 0.29) is 11.6 Å². The predicted molar refractivity (Wildman–Crippen MR) is 102 cm³/mol. The number of nitrogens with zero attached hydrogens (tertiary/aromatic N) is 3. The number of carbonyl (C=O) groups is 1. The largest absolute Gasteiger partial charge is 0.466 e. The van der Waals surface area contributed by atoms with Crippen LogP contribution in [0.25, 0.3) is 0 Å². The molecule has 0 aliphatic carbocycles. The summed E-state index contributed by atoms with van der Waals surface area (Å²) in [4.78, 5) is 19.7. The van der Waals surface area contributed by atoms with Crippen LogP contribution in [0, 0.1) is 11.3 Å². The molecule has 2 aliphatic heterocycles. The first kappa shape index (κ1) is 19.4. The quantitative estimate of drug-likeness (QED) is 0.545. The SMILES string of the molecule is CCOC(=O)CCCCN1CCC2(CC1)CC(c1ccc(C#N)cc1)=NO2. The van der Waals surface area contributed by atoms with Crippen molar-refractivity contribution in [1.29, 1.82) is 5.26 Å². The molecular weight excluding hydrogens is 342 g/mol. The van der Waals surface area contributed by atoms with E-state index in [1.54, 1.807) is 0 Å². The minimum absolute atomic E-state index is 0.0954. The van der Waals surface area contributed by atoms with Crippen molar-refractivity contribution in [2.75, 3.05) is 26.2 Å². The number of piperidine rings is 1. The fraction of sp³-hybridized carbons (Fsp3) is 0.571. The van der Waals surface area contributed by atoms with Gasteiger partial charge in [0.2, 0.25) is 0 Å². The van der Waals surface area contributed by atoms with E-state index in [0.29, 0.717) is 18.6 Å². The smallest absolute Gasteiger partial charge is 0.305 e. The van der Waals surface area contributed by atoms with Crippen LogP contribution in [0.3, 0.4) is 0 Å². The molecule has 2 heterocycles. The van der Waals surface area contributed by atoms with Gasteiger partial charge in [-0.1, -0.05) is 17.3 Å². The molecule has 27 heavy (non-hydrogen) atoms. The number of rotatable bonds is 7. The second kappa shape index (κ2) is 9.01. The third-order valence-electron chi connectivity index (χ3n) is 5.36. The van der Waals surface area contributed by atoms with Gasteiger partial charge in [0, 0.05) is 38.8 Å². The highest BCUT2D eigenvalue weighted by Crippen LogP contribution is 2.36. The summed E-state index contributed by atoms with van der Waals surface area (Å²) in [5.41, 5.74) is 2.49. The average molecular weight is 369 g/mol. The Morgan fingerprint density at radius 2 is 2.04 bits per heavy atom. The molecule has 0 radical (unpaired) electrons. The van der Waals surface area contributed by atoms with Gasteiger partial charge in [-0.05, 0) is 44.0 Å². The summed E-state index contributed by atoms with van der Waals surface area (Å²) >= 11 is 0. The Morgan fingerprint density at radius 1 is 1.30 bits per heavy atom. The molecule has 3 rings (SSSR count). The van der Waals surface area contributed by atoms with E-state index in [4.69, 9.17) is 14.8 Å². The van der Waals surface area contributed by atoms with E-state index in [2.05, 4.69) is 16.1 Å². The first-order valence-corrected chi connectivity index (χ1v) is 9.78. The maximum absolute atomic E-state index is 11.4. The number of unbranched alkanes of at least 4 members (excludes halogenated alkanes) is 1. The van der Waals surface area contributed by atoms with Crippen molar-refractivity contribution in [3.63, 3.8) is 0 Å². The lowest BCUT2D eigenvalue weighted by Crippen LogP contribution is -2.44. The van der Waals surface area contributed by atoms with Gasteiger partial charge in [-0.3, -0.25) is 4.79 Å². The summed E-state index contributed by atoms with van der Waals surface area (Å²) in [5, 5.41) is 13.3. The minimum Gasteiger partial charge on any atom is -0.466 e. The highest BCUT2D eigenvalue weighted by molar-refractivity contribution is 6.01. The number of esters is 1.